The number of halogens is 2. The van der Waals surface area contributed by atoms with Crippen LogP contribution >= 0.6 is 23.2 Å². The number of amides is 1. The highest BCUT2D eigenvalue weighted by atomic mass is 35.5. The summed E-state index contributed by atoms with van der Waals surface area (Å²) in [7, 11) is 0. The lowest BCUT2D eigenvalue weighted by Crippen LogP contribution is -2.46. The van der Waals surface area contributed by atoms with Crippen molar-refractivity contribution in [1.82, 2.24) is 14.9 Å². The van der Waals surface area contributed by atoms with Crippen LogP contribution in [0, 0.1) is 0 Å². The fourth-order valence-corrected chi connectivity index (χ4v) is 4.56. The molecule has 0 spiro atoms. The monoisotopic (exact) mass is 515 g/mol. The molecule has 7 nitrogen and oxygen atoms in total. The minimum Gasteiger partial charge on any atom is -0.463 e. The molecule has 1 saturated carbocycles. The zero-order valence-corrected chi connectivity index (χ0v) is 20.9. The molecule has 1 fully saturated rings. The van der Waals surface area contributed by atoms with Crippen molar-refractivity contribution in [1.29, 1.82) is 0 Å². The van der Waals surface area contributed by atoms with Crippen LogP contribution in [0.15, 0.2) is 54.7 Å². The van der Waals surface area contributed by atoms with Crippen LogP contribution < -0.4 is 5.32 Å². The second-order valence-electron chi connectivity index (χ2n) is 8.39. The molecule has 9 heteroatoms. The van der Waals surface area contributed by atoms with Crippen molar-refractivity contribution in [2.45, 2.75) is 44.8 Å². The summed E-state index contributed by atoms with van der Waals surface area (Å²) < 4.78 is 12.7. The lowest BCUT2D eigenvalue weighted by molar-refractivity contribution is -0.143. The topological polar surface area (TPSA) is 82.5 Å². The van der Waals surface area contributed by atoms with E-state index in [9.17, 15) is 9.59 Å². The minimum absolute atomic E-state index is 0.148. The van der Waals surface area contributed by atoms with Crippen LogP contribution in [0.3, 0.4) is 0 Å². The molecular weight excluding hydrogens is 489 g/mol. The third kappa shape index (κ3) is 6.42. The first-order valence-corrected chi connectivity index (χ1v) is 12.3. The number of carbonyl (C=O) groups is 2. The van der Waals surface area contributed by atoms with Crippen LogP contribution in [-0.4, -0.2) is 46.8 Å². The molecule has 0 radical (unpaired) electrons. The van der Waals surface area contributed by atoms with E-state index < -0.39 is 0 Å². The van der Waals surface area contributed by atoms with E-state index in [1.165, 1.54) is 6.92 Å². The Bertz CT molecular complexity index is 1180. The molecule has 1 heterocycles. The molecule has 0 unspecified atom stereocenters. The van der Waals surface area contributed by atoms with Crippen molar-refractivity contribution in [3.05, 3.63) is 70.5 Å². The van der Waals surface area contributed by atoms with Gasteiger partial charge in [0.15, 0.2) is 0 Å². The number of carbonyl (C=O) groups excluding carboxylic acids is 2. The summed E-state index contributed by atoms with van der Waals surface area (Å²) in [4.78, 5) is 28.9. The smallest absolute Gasteiger partial charge is 0.302 e. The van der Waals surface area contributed by atoms with Crippen LogP contribution in [0.25, 0.3) is 17.1 Å². The molecule has 1 aliphatic rings. The first-order valence-electron chi connectivity index (χ1n) is 11.6. The maximum atomic E-state index is 13.3. The SMILES string of the molecule is CC(=O)OCCO[C@H]1CCCC[C@@H]1NC(=O)c1cn(-c2ccc(Cl)cc2)c(-c2ccccc2Cl)n1. The Balaban J connectivity index is 1.56. The summed E-state index contributed by atoms with van der Waals surface area (Å²) in [6.07, 6.45) is 5.21. The van der Waals surface area contributed by atoms with Gasteiger partial charge in [-0.05, 0) is 49.2 Å². The van der Waals surface area contributed by atoms with Crippen LogP contribution in [0.1, 0.15) is 43.1 Å². The lowest BCUT2D eigenvalue weighted by atomic mass is 9.92. The third-order valence-electron chi connectivity index (χ3n) is 5.90. The molecule has 0 saturated heterocycles. The molecule has 2 atom stereocenters. The van der Waals surface area contributed by atoms with Gasteiger partial charge in [0.2, 0.25) is 0 Å². The van der Waals surface area contributed by atoms with Crippen LogP contribution in [0.2, 0.25) is 10.0 Å². The normalized spacial score (nSPS) is 17.7. The molecule has 1 amide bonds. The Morgan fingerprint density at radius 1 is 1.06 bits per heavy atom. The molecule has 4 rings (SSSR count). The number of ether oxygens (including phenoxy) is 2. The summed E-state index contributed by atoms with van der Waals surface area (Å²) in [6.45, 7) is 1.85. The van der Waals surface area contributed by atoms with Gasteiger partial charge in [-0.3, -0.25) is 14.2 Å². The number of esters is 1. The van der Waals surface area contributed by atoms with Gasteiger partial charge < -0.3 is 14.8 Å². The van der Waals surface area contributed by atoms with Crippen LogP contribution in [0.4, 0.5) is 0 Å². The Morgan fingerprint density at radius 2 is 1.80 bits per heavy atom. The van der Waals surface area contributed by atoms with Crippen molar-refractivity contribution in [3.8, 4) is 17.1 Å². The van der Waals surface area contributed by atoms with Gasteiger partial charge in [0.05, 0.1) is 23.8 Å². The second-order valence-corrected chi connectivity index (χ2v) is 9.23. The van der Waals surface area contributed by atoms with Crippen molar-refractivity contribution in [2.24, 2.45) is 0 Å². The van der Waals surface area contributed by atoms with E-state index in [2.05, 4.69) is 10.3 Å². The van der Waals surface area contributed by atoms with Crippen molar-refractivity contribution in [3.63, 3.8) is 0 Å². The Hall–Kier alpha value is -2.87. The Morgan fingerprint density at radius 3 is 2.54 bits per heavy atom. The van der Waals surface area contributed by atoms with Crippen LogP contribution in [-0.2, 0) is 14.3 Å². The highest BCUT2D eigenvalue weighted by Gasteiger charge is 2.29. The fraction of sp³-hybridized carbons (Fsp3) is 0.346. The van der Waals surface area contributed by atoms with Crippen molar-refractivity contribution >= 4 is 35.1 Å². The first-order chi connectivity index (χ1) is 16.9. The van der Waals surface area contributed by atoms with Crippen molar-refractivity contribution < 1.29 is 19.1 Å². The lowest BCUT2D eigenvalue weighted by Gasteiger charge is -2.31. The highest BCUT2D eigenvalue weighted by molar-refractivity contribution is 6.33. The number of nitrogens with one attached hydrogen (secondary N) is 1. The van der Waals surface area contributed by atoms with Gasteiger partial charge >= 0.3 is 5.97 Å². The fourth-order valence-electron chi connectivity index (χ4n) is 4.21. The predicted octanol–water partition coefficient (Wildman–Crippen LogP) is 5.47. The average molecular weight is 516 g/mol. The maximum absolute atomic E-state index is 13.3. The van der Waals surface area contributed by atoms with Gasteiger partial charge in [-0.1, -0.05) is 48.2 Å². The molecule has 1 aliphatic carbocycles. The predicted molar refractivity (Wildman–Crippen MR) is 135 cm³/mol. The number of aromatic nitrogens is 2. The van der Waals surface area contributed by atoms with E-state index in [1.807, 2.05) is 34.9 Å². The van der Waals surface area contributed by atoms with Gasteiger partial charge in [0.1, 0.15) is 18.1 Å². The first kappa shape index (κ1) is 25.2. The number of hydrogen-bond donors (Lipinski definition) is 1. The molecule has 184 valence electrons. The van der Waals surface area contributed by atoms with E-state index in [1.54, 1.807) is 24.4 Å². The van der Waals surface area contributed by atoms with E-state index in [4.69, 9.17) is 32.7 Å². The molecule has 2 aromatic carbocycles. The summed E-state index contributed by atoms with van der Waals surface area (Å²) in [5.41, 5.74) is 1.80. The molecule has 1 N–H and O–H groups in total. The number of rotatable bonds is 8. The molecule has 0 aliphatic heterocycles. The van der Waals surface area contributed by atoms with Crippen LogP contribution in [0.5, 0.6) is 0 Å². The molecular formula is C26H27Cl2N3O4. The summed E-state index contributed by atoms with van der Waals surface area (Å²) in [5.74, 6) is -0.0694. The van der Waals surface area contributed by atoms with E-state index >= 15 is 0 Å². The minimum atomic E-state index is -0.340. The van der Waals surface area contributed by atoms with Gasteiger partial charge in [0, 0.05) is 29.4 Å². The third-order valence-corrected chi connectivity index (χ3v) is 6.48. The maximum Gasteiger partial charge on any atom is 0.302 e. The Kier molecular flexibility index (Phi) is 8.44. The summed E-state index contributed by atoms with van der Waals surface area (Å²) in [5, 5.41) is 4.25. The van der Waals surface area contributed by atoms with Gasteiger partial charge in [-0.2, -0.15) is 0 Å². The summed E-state index contributed by atoms with van der Waals surface area (Å²) in [6, 6.07) is 14.5. The molecule has 0 bridgehead atoms. The van der Waals surface area contributed by atoms with E-state index in [0.29, 0.717) is 28.0 Å². The molecule has 1 aromatic heterocycles. The standard InChI is InChI=1S/C26H27Cl2N3O4/c1-17(32)34-14-15-35-24-9-5-4-8-22(24)30-26(33)23-16-31(19-12-10-18(27)11-13-19)25(29-23)20-6-2-3-7-21(20)28/h2-3,6-7,10-13,16,22,24H,4-5,8-9,14-15H2,1H3,(H,30,33)/t22-,24-/m0/s1. The molecule has 35 heavy (non-hydrogen) atoms. The highest BCUT2D eigenvalue weighted by Crippen LogP contribution is 2.30. The number of benzene rings is 2. The number of nitrogens with zero attached hydrogens (tertiary/aromatic N) is 2. The van der Waals surface area contributed by atoms with E-state index in [0.717, 1.165) is 31.4 Å². The van der Waals surface area contributed by atoms with Crippen molar-refractivity contribution in [2.75, 3.05) is 13.2 Å². The zero-order valence-electron chi connectivity index (χ0n) is 19.4. The molecule has 3 aromatic rings. The summed E-state index contributed by atoms with van der Waals surface area (Å²) >= 11 is 12.5. The van der Waals surface area contributed by atoms with Gasteiger partial charge in [-0.15, -0.1) is 0 Å². The number of imidazole rings is 1. The zero-order chi connectivity index (χ0) is 24.8. The number of hydrogen-bond acceptors (Lipinski definition) is 5. The van der Waals surface area contributed by atoms with Gasteiger partial charge in [-0.25, -0.2) is 4.98 Å². The second kappa shape index (κ2) is 11.7. The average Bonchev–Trinajstić information content (AvgIpc) is 3.29. The van der Waals surface area contributed by atoms with E-state index in [-0.39, 0.29) is 36.3 Å². The quantitative estimate of drug-likeness (QED) is 0.317. The largest absolute Gasteiger partial charge is 0.463 e. The van der Waals surface area contributed by atoms with Gasteiger partial charge in [0.25, 0.3) is 5.91 Å². The Labute approximate surface area is 214 Å².